The maximum Gasteiger partial charge on any atom is 0.195 e. The van der Waals surface area contributed by atoms with E-state index in [2.05, 4.69) is 33.6 Å². The zero-order valence-corrected chi connectivity index (χ0v) is 11.8. The van der Waals surface area contributed by atoms with Gasteiger partial charge in [-0.1, -0.05) is 6.07 Å². The Hall–Kier alpha value is -1.69. The molecule has 1 aromatic heterocycles. The number of nitrogens with zero attached hydrogens (tertiary/aromatic N) is 2. The van der Waals surface area contributed by atoms with Gasteiger partial charge in [0.15, 0.2) is 11.1 Å². The molecule has 1 aliphatic rings. The van der Waals surface area contributed by atoms with Crippen molar-refractivity contribution in [2.45, 2.75) is 32.2 Å². The molecule has 0 atom stereocenters. The number of nitrogens with two attached hydrogens (primary N) is 1. The number of rotatable bonds is 4. The SMILES string of the molecule is Cc1cccnc1CCNC(=S)NC(N)=NC1CC1. The number of hydrogen-bond acceptors (Lipinski definition) is 3. The fourth-order valence-electron chi connectivity index (χ4n) is 1.67. The van der Waals surface area contributed by atoms with E-state index in [1.165, 1.54) is 5.56 Å². The molecule has 0 unspecified atom stereocenters. The normalized spacial score (nSPS) is 15.1. The molecule has 0 amide bonds. The Morgan fingerprint density at radius 3 is 3.05 bits per heavy atom. The number of aryl methyl sites for hydroxylation is 1. The Morgan fingerprint density at radius 1 is 1.58 bits per heavy atom. The van der Waals surface area contributed by atoms with Gasteiger partial charge in [-0.2, -0.15) is 0 Å². The van der Waals surface area contributed by atoms with Crippen molar-refractivity contribution in [3.8, 4) is 0 Å². The van der Waals surface area contributed by atoms with Crippen LogP contribution in [0.1, 0.15) is 24.1 Å². The third-order valence-electron chi connectivity index (χ3n) is 2.88. The Balaban J connectivity index is 1.70. The monoisotopic (exact) mass is 277 g/mol. The lowest BCUT2D eigenvalue weighted by Gasteiger charge is -2.10. The second-order valence-corrected chi connectivity index (χ2v) is 5.05. The van der Waals surface area contributed by atoms with Crippen LogP contribution in [0, 0.1) is 6.92 Å². The lowest BCUT2D eigenvalue weighted by Crippen LogP contribution is -2.44. The Labute approximate surface area is 118 Å². The van der Waals surface area contributed by atoms with Crippen LogP contribution in [-0.4, -0.2) is 28.6 Å². The summed E-state index contributed by atoms with van der Waals surface area (Å²) < 4.78 is 0. The molecule has 1 aromatic rings. The topological polar surface area (TPSA) is 75.3 Å². The molecule has 0 radical (unpaired) electrons. The number of aromatic nitrogens is 1. The van der Waals surface area contributed by atoms with Gasteiger partial charge in [-0.05, 0) is 43.6 Å². The first-order valence-corrected chi connectivity index (χ1v) is 6.84. The zero-order chi connectivity index (χ0) is 13.7. The number of thiocarbonyl (C=S) groups is 1. The van der Waals surface area contributed by atoms with E-state index in [-0.39, 0.29) is 0 Å². The van der Waals surface area contributed by atoms with Crippen LogP contribution in [0.15, 0.2) is 23.3 Å². The Kier molecular flexibility index (Phi) is 4.68. The first kappa shape index (κ1) is 13.7. The minimum absolute atomic E-state index is 0.395. The van der Waals surface area contributed by atoms with Crippen molar-refractivity contribution >= 4 is 23.3 Å². The molecule has 1 aliphatic carbocycles. The molecule has 4 N–H and O–H groups in total. The van der Waals surface area contributed by atoms with E-state index < -0.39 is 0 Å². The average Bonchev–Trinajstić information content (AvgIpc) is 3.15. The molecule has 0 aliphatic heterocycles. The smallest absolute Gasteiger partial charge is 0.195 e. The van der Waals surface area contributed by atoms with E-state index in [0.29, 0.717) is 17.1 Å². The van der Waals surface area contributed by atoms with Gasteiger partial charge in [0, 0.05) is 24.9 Å². The molecule has 0 aromatic carbocycles. The highest BCUT2D eigenvalue weighted by Crippen LogP contribution is 2.22. The van der Waals surface area contributed by atoms with E-state index in [0.717, 1.165) is 31.5 Å². The molecular weight excluding hydrogens is 258 g/mol. The van der Waals surface area contributed by atoms with E-state index in [4.69, 9.17) is 18.0 Å². The van der Waals surface area contributed by atoms with Crippen molar-refractivity contribution in [1.29, 1.82) is 0 Å². The van der Waals surface area contributed by atoms with Crippen molar-refractivity contribution < 1.29 is 0 Å². The highest BCUT2D eigenvalue weighted by molar-refractivity contribution is 7.80. The van der Waals surface area contributed by atoms with Crippen LogP contribution in [0.2, 0.25) is 0 Å². The highest BCUT2D eigenvalue weighted by Gasteiger charge is 2.20. The first-order valence-electron chi connectivity index (χ1n) is 6.44. The quantitative estimate of drug-likeness (QED) is 0.433. The van der Waals surface area contributed by atoms with Gasteiger partial charge in [0.1, 0.15) is 0 Å². The van der Waals surface area contributed by atoms with Crippen molar-refractivity contribution in [2.24, 2.45) is 10.7 Å². The van der Waals surface area contributed by atoms with E-state index in [1.807, 2.05) is 6.07 Å². The van der Waals surface area contributed by atoms with Crippen molar-refractivity contribution in [3.63, 3.8) is 0 Å². The van der Waals surface area contributed by atoms with Crippen molar-refractivity contribution in [2.75, 3.05) is 6.54 Å². The number of aliphatic imine (C=N–C) groups is 1. The first-order chi connectivity index (χ1) is 9.15. The minimum Gasteiger partial charge on any atom is -0.370 e. The van der Waals surface area contributed by atoms with Gasteiger partial charge in [-0.25, -0.2) is 4.99 Å². The predicted octanol–water partition coefficient (Wildman–Crippen LogP) is 0.874. The summed E-state index contributed by atoms with van der Waals surface area (Å²) in [6.07, 6.45) is 4.89. The third kappa shape index (κ3) is 4.82. The predicted molar refractivity (Wildman–Crippen MR) is 81.1 cm³/mol. The molecule has 102 valence electrons. The van der Waals surface area contributed by atoms with Crippen LogP contribution in [-0.2, 0) is 6.42 Å². The Bertz CT molecular complexity index is 482. The van der Waals surface area contributed by atoms with E-state index >= 15 is 0 Å². The van der Waals surface area contributed by atoms with Crippen LogP contribution in [0.25, 0.3) is 0 Å². The molecule has 0 spiro atoms. The number of nitrogens with one attached hydrogen (secondary N) is 2. The molecule has 1 fully saturated rings. The Morgan fingerprint density at radius 2 is 2.37 bits per heavy atom. The van der Waals surface area contributed by atoms with Gasteiger partial charge in [-0.3, -0.25) is 4.98 Å². The van der Waals surface area contributed by atoms with Crippen molar-refractivity contribution in [1.82, 2.24) is 15.6 Å². The fraction of sp³-hybridized carbons (Fsp3) is 0.462. The number of guanidine groups is 1. The fourth-order valence-corrected chi connectivity index (χ4v) is 1.87. The maximum atomic E-state index is 5.72. The number of hydrogen-bond donors (Lipinski definition) is 3. The van der Waals surface area contributed by atoms with Crippen LogP contribution in [0.5, 0.6) is 0 Å². The molecule has 19 heavy (non-hydrogen) atoms. The summed E-state index contributed by atoms with van der Waals surface area (Å²) in [5.74, 6) is 0.397. The van der Waals surface area contributed by atoms with Crippen LogP contribution in [0.4, 0.5) is 0 Å². The van der Waals surface area contributed by atoms with E-state index in [9.17, 15) is 0 Å². The molecular formula is C13H19N5S. The van der Waals surface area contributed by atoms with Gasteiger partial charge in [0.05, 0.1) is 6.04 Å². The largest absolute Gasteiger partial charge is 0.370 e. The molecule has 0 bridgehead atoms. The highest BCUT2D eigenvalue weighted by atomic mass is 32.1. The second kappa shape index (κ2) is 6.47. The number of pyridine rings is 1. The van der Waals surface area contributed by atoms with Gasteiger partial charge in [0.25, 0.3) is 0 Å². The summed E-state index contributed by atoms with van der Waals surface area (Å²) in [5.41, 5.74) is 8.00. The van der Waals surface area contributed by atoms with Gasteiger partial charge < -0.3 is 16.4 Å². The molecule has 1 saturated carbocycles. The average molecular weight is 277 g/mol. The molecule has 2 rings (SSSR count). The van der Waals surface area contributed by atoms with E-state index in [1.54, 1.807) is 6.20 Å². The molecule has 5 nitrogen and oxygen atoms in total. The summed E-state index contributed by atoms with van der Waals surface area (Å²) in [6, 6.07) is 4.39. The third-order valence-corrected chi connectivity index (χ3v) is 3.12. The van der Waals surface area contributed by atoms with Crippen LogP contribution < -0.4 is 16.4 Å². The van der Waals surface area contributed by atoms with Gasteiger partial charge >= 0.3 is 0 Å². The van der Waals surface area contributed by atoms with Crippen LogP contribution in [0.3, 0.4) is 0 Å². The summed E-state index contributed by atoms with van der Waals surface area (Å²) in [6.45, 7) is 2.78. The lowest BCUT2D eigenvalue weighted by atomic mass is 10.2. The minimum atomic E-state index is 0.395. The lowest BCUT2D eigenvalue weighted by molar-refractivity contribution is 0.829. The molecule has 6 heteroatoms. The molecule has 1 heterocycles. The maximum absolute atomic E-state index is 5.72. The second-order valence-electron chi connectivity index (χ2n) is 4.64. The zero-order valence-electron chi connectivity index (χ0n) is 11.0. The standard InChI is InChI=1S/C13H19N5S/c1-9-3-2-7-15-11(9)6-8-16-13(19)18-12(14)17-10-4-5-10/h2-3,7,10H,4-6,8H2,1H3,(H4,14,16,17,18,19). The van der Waals surface area contributed by atoms with Crippen molar-refractivity contribution in [3.05, 3.63) is 29.6 Å². The van der Waals surface area contributed by atoms with Crippen LogP contribution >= 0.6 is 12.2 Å². The van der Waals surface area contributed by atoms with Gasteiger partial charge in [-0.15, -0.1) is 0 Å². The summed E-state index contributed by atoms with van der Waals surface area (Å²) in [5, 5.41) is 6.49. The summed E-state index contributed by atoms with van der Waals surface area (Å²) >= 11 is 5.15. The molecule has 0 saturated heterocycles. The summed E-state index contributed by atoms with van der Waals surface area (Å²) in [7, 11) is 0. The summed E-state index contributed by atoms with van der Waals surface area (Å²) in [4.78, 5) is 8.58. The van der Waals surface area contributed by atoms with Gasteiger partial charge in [0.2, 0.25) is 0 Å².